The van der Waals surface area contributed by atoms with Crippen LogP contribution in [-0.2, 0) is 0 Å². The average Bonchev–Trinajstić information content (AvgIpc) is 2.67. The van der Waals surface area contributed by atoms with Gasteiger partial charge in [-0.25, -0.2) is 0 Å². The van der Waals surface area contributed by atoms with E-state index in [0.29, 0.717) is 24.7 Å². The second-order valence-corrected chi connectivity index (χ2v) is 4.72. The number of para-hydroxylation sites is 3. The van der Waals surface area contributed by atoms with E-state index in [1.54, 1.807) is 36.4 Å². The van der Waals surface area contributed by atoms with Crippen molar-refractivity contribution in [2.75, 3.05) is 18.5 Å². The van der Waals surface area contributed by atoms with E-state index >= 15 is 0 Å². The third kappa shape index (κ3) is 5.03. The first kappa shape index (κ1) is 17.4. The van der Waals surface area contributed by atoms with Crippen molar-refractivity contribution < 1.29 is 9.47 Å². The highest BCUT2D eigenvalue weighted by Gasteiger charge is 2.09. The Morgan fingerprint density at radius 2 is 1.44 bits per heavy atom. The fourth-order valence-electron chi connectivity index (χ4n) is 1.94. The van der Waals surface area contributed by atoms with Gasteiger partial charge < -0.3 is 14.8 Å². The number of hydrogen-bond donors (Lipinski definition) is 1. The molecule has 0 saturated carbocycles. The normalized spacial score (nSPS) is 9.00. The third-order valence-electron chi connectivity index (χ3n) is 3.08. The molecule has 0 spiro atoms. The summed E-state index contributed by atoms with van der Waals surface area (Å²) >= 11 is 0. The fourth-order valence-corrected chi connectivity index (χ4v) is 1.94. The number of anilines is 1. The van der Waals surface area contributed by atoms with Crippen LogP contribution in [0.25, 0.3) is 0 Å². The van der Waals surface area contributed by atoms with Crippen molar-refractivity contribution in [2.24, 2.45) is 0 Å². The van der Waals surface area contributed by atoms with E-state index in [4.69, 9.17) is 25.3 Å². The maximum absolute atomic E-state index is 9.12. The van der Waals surface area contributed by atoms with Crippen LogP contribution in [-0.4, -0.2) is 13.2 Å². The molecule has 0 radical (unpaired) electrons. The molecule has 2 rings (SSSR count). The molecule has 0 heterocycles. The predicted octanol–water partition coefficient (Wildman–Crippen LogP) is 3.38. The van der Waals surface area contributed by atoms with Crippen LogP contribution >= 0.6 is 0 Å². The number of nitriles is 3. The van der Waals surface area contributed by atoms with Crippen molar-refractivity contribution in [1.82, 2.24) is 0 Å². The smallest absolute Gasteiger partial charge is 0.163 e. The van der Waals surface area contributed by atoms with E-state index in [1.807, 2.05) is 36.4 Å². The lowest BCUT2D eigenvalue weighted by Crippen LogP contribution is -2.10. The van der Waals surface area contributed by atoms with Crippen LogP contribution < -0.4 is 14.8 Å². The first-order chi connectivity index (χ1) is 12.3. The van der Waals surface area contributed by atoms with Crippen molar-refractivity contribution in [3.05, 3.63) is 65.9 Å². The van der Waals surface area contributed by atoms with Crippen LogP contribution in [0.4, 0.5) is 5.69 Å². The molecule has 6 nitrogen and oxygen atoms in total. The van der Waals surface area contributed by atoms with Gasteiger partial charge in [0, 0.05) is 0 Å². The van der Waals surface area contributed by atoms with Gasteiger partial charge in [-0.15, -0.1) is 0 Å². The fraction of sp³-hybridized carbons (Fsp3) is 0.105. The molecule has 0 atom stereocenters. The number of benzene rings is 2. The molecule has 0 aliphatic carbocycles. The maximum Gasteiger partial charge on any atom is 0.163 e. The van der Waals surface area contributed by atoms with Crippen LogP contribution in [0.15, 0.2) is 65.9 Å². The van der Waals surface area contributed by atoms with Crippen LogP contribution in [0.1, 0.15) is 0 Å². The number of nitrogens with zero attached hydrogens (tertiary/aromatic N) is 3. The SMILES string of the molecule is N#CC(C#N)=C(C#N)Nc1ccccc1OCCOc1ccccc1. The van der Waals surface area contributed by atoms with Crippen LogP contribution in [0.2, 0.25) is 0 Å². The summed E-state index contributed by atoms with van der Waals surface area (Å²) in [6, 6.07) is 21.5. The molecule has 0 aliphatic heterocycles. The first-order valence-corrected chi connectivity index (χ1v) is 7.39. The van der Waals surface area contributed by atoms with E-state index in [1.165, 1.54) is 0 Å². The molecule has 122 valence electrons. The molecular formula is C19H14N4O2. The zero-order valence-corrected chi connectivity index (χ0v) is 13.3. The second-order valence-electron chi connectivity index (χ2n) is 4.72. The lowest BCUT2D eigenvalue weighted by Gasteiger charge is -2.13. The average molecular weight is 330 g/mol. The third-order valence-corrected chi connectivity index (χ3v) is 3.08. The number of hydrogen-bond acceptors (Lipinski definition) is 6. The van der Waals surface area contributed by atoms with E-state index in [0.717, 1.165) is 5.75 Å². The lowest BCUT2D eigenvalue weighted by molar-refractivity contribution is 0.218. The predicted molar refractivity (Wildman–Crippen MR) is 91.4 cm³/mol. The molecule has 0 saturated heterocycles. The number of ether oxygens (including phenoxy) is 2. The quantitative estimate of drug-likeness (QED) is 0.617. The van der Waals surface area contributed by atoms with Gasteiger partial charge in [-0.3, -0.25) is 0 Å². The Kier molecular flexibility index (Phi) is 6.44. The van der Waals surface area contributed by atoms with E-state index < -0.39 is 0 Å². The van der Waals surface area contributed by atoms with E-state index in [9.17, 15) is 0 Å². The molecule has 0 fully saturated rings. The zero-order valence-electron chi connectivity index (χ0n) is 13.3. The van der Waals surface area contributed by atoms with Gasteiger partial charge >= 0.3 is 0 Å². The highest BCUT2D eigenvalue weighted by molar-refractivity contribution is 5.64. The van der Waals surface area contributed by atoms with E-state index in [2.05, 4.69) is 5.32 Å². The highest BCUT2D eigenvalue weighted by Crippen LogP contribution is 2.25. The summed E-state index contributed by atoms with van der Waals surface area (Å²) < 4.78 is 11.2. The standard InChI is InChI=1S/C19H14N4O2/c20-12-15(13-21)18(14-22)23-17-8-4-5-9-19(17)25-11-10-24-16-6-2-1-3-7-16/h1-9,23H,10-11H2. The summed E-state index contributed by atoms with van der Waals surface area (Å²) in [5.74, 6) is 1.24. The molecular weight excluding hydrogens is 316 g/mol. The van der Waals surface area contributed by atoms with Crippen molar-refractivity contribution in [3.8, 4) is 29.7 Å². The van der Waals surface area contributed by atoms with Gasteiger partial charge in [0.15, 0.2) is 5.57 Å². The van der Waals surface area contributed by atoms with Crippen molar-refractivity contribution in [2.45, 2.75) is 0 Å². The van der Waals surface area contributed by atoms with Gasteiger partial charge in [-0.2, -0.15) is 15.8 Å². The minimum absolute atomic E-state index is 0.124. The Labute approximate surface area is 145 Å². The number of rotatable bonds is 7. The van der Waals surface area contributed by atoms with Gasteiger partial charge in [0.2, 0.25) is 0 Å². The minimum atomic E-state index is -0.287. The molecule has 2 aromatic carbocycles. The van der Waals surface area contributed by atoms with E-state index in [-0.39, 0.29) is 11.3 Å². The van der Waals surface area contributed by atoms with Gasteiger partial charge in [-0.05, 0) is 24.3 Å². The summed E-state index contributed by atoms with van der Waals surface area (Å²) in [6.07, 6.45) is 0. The Morgan fingerprint density at radius 3 is 2.12 bits per heavy atom. The molecule has 0 unspecified atom stereocenters. The van der Waals surface area contributed by atoms with Gasteiger partial charge in [0.1, 0.15) is 48.6 Å². The summed E-state index contributed by atoms with van der Waals surface area (Å²) in [5.41, 5.74) is 0.0769. The molecule has 1 N–H and O–H groups in total. The van der Waals surface area contributed by atoms with Gasteiger partial charge in [0.25, 0.3) is 0 Å². The second kappa shape index (κ2) is 9.25. The monoisotopic (exact) mass is 330 g/mol. The molecule has 6 heteroatoms. The van der Waals surface area contributed by atoms with Crippen molar-refractivity contribution >= 4 is 5.69 Å². The maximum atomic E-state index is 9.12. The van der Waals surface area contributed by atoms with Crippen molar-refractivity contribution in [3.63, 3.8) is 0 Å². The molecule has 0 bridgehead atoms. The van der Waals surface area contributed by atoms with Crippen molar-refractivity contribution in [1.29, 1.82) is 15.8 Å². The molecule has 0 aromatic heterocycles. The Bertz CT molecular complexity index is 855. The van der Waals surface area contributed by atoms with Crippen LogP contribution in [0, 0.1) is 34.0 Å². The summed E-state index contributed by atoms with van der Waals surface area (Å²) in [6.45, 7) is 0.642. The summed E-state index contributed by atoms with van der Waals surface area (Å²) in [4.78, 5) is 0. The Morgan fingerprint density at radius 1 is 0.800 bits per heavy atom. The topological polar surface area (TPSA) is 102 Å². The van der Waals surface area contributed by atoms with Gasteiger partial charge in [-0.1, -0.05) is 30.3 Å². The molecule has 0 aliphatic rings. The molecule has 25 heavy (non-hydrogen) atoms. The molecule has 0 amide bonds. The van der Waals surface area contributed by atoms with Crippen LogP contribution in [0.5, 0.6) is 11.5 Å². The van der Waals surface area contributed by atoms with Gasteiger partial charge in [0.05, 0.1) is 5.69 Å². The highest BCUT2D eigenvalue weighted by atomic mass is 16.5. The zero-order chi connectivity index (χ0) is 17.9. The molecule has 2 aromatic rings. The number of allylic oxidation sites excluding steroid dienone is 2. The van der Waals surface area contributed by atoms with Crippen LogP contribution in [0.3, 0.4) is 0 Å². The summed E-state index contributed by atoms with van der Waals surface area (Å²) in [5, 5.41) is 29.7. The Hall–Kier alpha value is -3.95. The Balaban J connectivity index is 2.01. The first-order valence-electron chi connectivity index (χ1n) is 7.39. The summed E-state index contributed by atoms with van der Waals surface area (Å²) in [7, 11) is 0. The number of nitrogens with one attached hydrogen (secondary N) is 1. The minimum Gasteiger partial charge on any atom is -0.490 e. The lowest BCUT2D eigenvalue weighted by atomic mass is 10.2. The largest absolute Gasteiger partial charge is 0.490 e.